The summed E-state index contributed by atoms with van der Waals surface area (Å²) in [5.74, 6) is 0.980. The zero-order valence-corrected chi connectivity index (χ0v) is 9.74. The number of hydrogen-bond donors (Lipinski definition) is 2. The van der Waals surface area contributed by atoms with Crippen LogP contribution in [0.2, 0.25) is 0 Å². The predicted octanol–water partition coefficient (Wildman–Crippen LogP) is 1.05. The molecule has 5 nitrogen and oxygen atoms in total. The minimum absolute atomic E-state index is 0.0833. The van der Waals surface area contributed by atoms with Gasteiger partial charge in [-0.15, -0.1) is 0 Å². The van der Waals surface area contributed by atoms with Gasteiger partial charge in [-0.25, -0.2) is 0 Å². The van der Waals surface area contributed by atoms with Crippen molar-refractivity contribution in [2.24, 2.45) is 5.92 Å². The normalized spacial score (nSPS) is 23.9. The van der Waals surface area contributed by atoms with Crippen LogP contribution >= 0.6 is 0 Å². The second kappa shape index (κ2) is 4.49. The lowest BCUT2D eigenvalue weighted by Gasteiger charge is -2.07. The highest BCUT2D eigenvalue weighted by molar-refractivity contribution is 5.92. The Kier molecular flexibility index (Phi) is 2.84. The Bertz CT molecular complexity index is 406. The lowest BCUT2D eigenvalue weighted by atomic mass is 10.1. The van der Waals surface area contributed by atoms with Gasteiger partial charge in [0.05, 0.1) is 6.61 Å². The van der Waals surface area contributed by atoms with E-state index in [1.807, 2.05) is 6.07 Å². The second-order valence-electron chi connectivity index (χ2n) is 4.92. The number of hydrogen-bond acceptors (Lipinski definition) is 3. The van der Waals surface area contributed by atoms with Crippen molar-refractivity contribution in [3.8, 4) is 0 Å². The number of ether oxygens (including phenoxy) is 1. The van der Waals surface area contributed by atoms with E-state index in [9.17, 15) is 4.79 Å². The third kappa shape index (κ3) is 2.49. The Morgan fingerprint density at radius 3 is 3.12 bits per heavy atom. The van der Waals surface area contributed by atoms with E-state index in [1.54, 1.807) is 0 Å². The Labute approximate surface area is 99.9 Å². The first-order valence-corrected chi connectivity index (χ1v) is 6.24. The van der Waals surface area contributed by atoms with Gasteiger partial charge in [0.2, 0.25) is 0 Å². The van der Waals surface area contributed by atoms with Gasteiger partial charge in [0.1, 0.15) is 5.69 Å². The molecule has 2 heterocycles. The Balaban J connectivity index is 1.53. The second-order valence-corrected chi connectivity index (χ2v) is 4.92. The molecule has 2 aliphatic rings. The number of nitrogens with one attached hydrogen (secondary N) is 2. The van der Waals surface area contributed by atoms with E-state index in [2.05, 4.69) is 15.5 Å². The minimum Gasteiger partial charge on any atom is -0.381 e. The van der Waals surface area contributed by atoms with Gasteiger partial charge in [-0.3, -0.25) is 9.89 Å². The Morgan fingerprint density at radius 1 is 1.53 bits per heavy atom. The quantitative estimate of drug-likeness (QED) is 0.819. The Hall–Kier alpha value is -1.36. The van der Waals surface area contributed by atoms with Crippen LogP contribution in [-0.4, -0.2) is 35.9 Å². The summed E-state index contributed by atoms with van der Waals surface area (Å²) in [4.78, 5) is 11.8. The van der Waals surface area contributed by atoms with Gasteiger partial charge in [-0.2, -0.15) is 5.10 Å². The fourth-order valence-corrected chi connectivity index (χ4v) is 2.13. The third-order valence-electron chi connectivity index (χ3n) is 3.42. The average Bonchev–Trinajstić information content (AvgIpc) is 2.88. The largest absolute Gasteiger partial charge is 0.381 e. The van der Waals surface area contributed by atoms with Crippen LogP contribution in [0.15, 0.2) is 6.07 Å². The SMILES string of the molecule is O=C(NC[C@@H]1CCOC1)c1cc(C2CC2)[nH]n1. The highest BCUT2D eigenvalue weighted by Crippen LogP contribution is 2.38. The van der Waals surface area contributed by atoms with Crippen molar-refractivity contribution in [1.82, 2.24) is 15.5 Å². The molecule has 5 heteroatoms. The molecule has 1 amide bonds. The number of carbonyl (C=O) groups is 1. The smallest absolute Gasteiger partial charge is 0.271 e. The molecule has 1 aliphatic heterocycles. The summed E-state index contributed by atoms with van der Waals surface area (Å²) < 4.78 is 5.27. The number of amides is 1. The fraction of sp³-hybridized carbons (Fsp3) is 0.667. The molecule has 92 valence electrons. The molecule has 1 saturated heterocycles. The summed E-state index contributed by atoms with van der Waals surface area (Å²) in [6.45, 7) is 2.26. The number of aromatic amines is 1. The van der Waals surface area contributed by atoms with E-state index in [4.69, 9.17) is 4.74 Å². The molecule has 0 unspecified atom stereocenters. The third-order valence-corrected chi connectivity index (χ3v) is 3.42. The molecule has 1 aliphatic carbocycles. The minimum atomic E-state index is -0.0833. The summed E-state index contributed by atoms with van der Waals surface area (Å²) in [5, 5.41) is 9.91. The number of aromatic nitrogens is 2. The van der Waals surface area contributed by atoms with Gasteiger partial charge in [0.25, 0.3) is 5.91 Å². The maximum absolute atomic E-state index is 11.8. The number of nitrogens with zero attached hydrogens (tertiary/aromatic N) is 1. The van der Waals surface area contributed by atoms with E-state index in [-0.39, 0.29) is 5.91 Å². The van der Waals surface area contributed by atoms with E-state index in [0.717, 1.165) is 25.3 Å². The van der Waals surface area contributed by atoms with Crippen molar-refractivity contribution in [2.75, 3.05) is 19.8 Å². The lowest BCUT2D eigenvalue weighted by molar-refractivity contribution is 0.0940. The summed E-state index contributed by atoms with van der Waals surface area (Å²) >= 11 is 0. The topological polar surface area (TPSA) is 67.0 Å². The first-order valence-electron chi connectivity index (χ1n) is 6.24. The fourth-order valence-electron chi connectivity index (χ4n) is 2.13. The van der Waals surface area contributed by atoms with Crippen molar-refractivity contribution in [3.63, 3.8) is 0 Å². The summed E-state index contributed by atoms with van der Waals surface area (Å²) in [6.07, 6.45) is 3.46. The molecule has 3 rings (SSSR count). The molecular formula is C12H17N3O2. The molecule has 2 fully saturated rings. The van der Waals surface area contributed by atoms with Crippen LogP contribution in [0.4, 0.5) is 0 Å². The lowest BCUT2D eigenvalue weighted by Crippen LogP contribution is -2.29. The number of rotatable bonds is 4. The van der Waals surface area contributed by atoms with E-state index < -0.39 is 0 Å². The number of H-pyrrole nitrogens is 1. The van der Waals surface area contributed by atoms with Crippen molar-refractivity contribution in [2.45, 2.75) is 25.2 Å². The van der Waals surface area contributed by atoms with Gasteiger partial charge in [-0.05, 0) is 25.3 Å². The van der Waals surface area contributed by atoms with E-state index in [0.29, 0.717) is 24.1 Å². The first-order chi connectivity index (χ1) is 8.33. The van der Waals surface area contributed by atoms with Crippen molar-refractivity contribution < 1.29 is 9.53 Å². The van der Waals surface area contributed by atoms with Gasteiger partial charge < -0.3 is 10.1 Å². The molecule has 1 saturated carbocycles. The standard InChI is InChI=1S/C12H17N3O2/c16-12(13-6-8-3-4-17-7-8)11-5-10(14-15-11)9-1-2-9/h5,8-9H,1-4,6-7H2,(H,13,16)(H,14,15)/t8-/m0/s1. The van der Waals surface area contributed by atoms with Crippen LogP contribution in [0.25, 0.3) is 0 Å². The molecule has 2 N–H and O–H groups in total. The first kappa shape index (κ1) is 10.8. The zero-order chi connectivity index (χ0) is 11.7. The predicted molar refractivity (Wildman–Crippen MR) is 61.8 cm³/mol. The highest BCUT2D eigenvalue weighted by atomic mass is 16.5. The Morgan fingerprint density at radius 2 is 2.41 bits per heavy atom. The van der Waals surface area contributed by atoms with E-state index in [1.165, 1.54) is 12.8 Å². The molecular weight excluding hydrogens is 218 g/mol. The van der Waals surface area contributed by atoms with Crippen LogP contribution in [0.1, 0.15) is 41.4 Å². The molecule has 0 aromatic carbocycles. The van der Waals surface area contributed by atoms with Gasteiger partial charge >= 0.3 is 0 Å². The number of carbonyl (C=O) groups excluding carboxylic acids is 1. The molecule has 0 radical (unpaired) electrons. The average molecular weight is 235 g/mol. The highest BCUT2D eigenvalue weighted by Gasteiger charge is 2.26. The van der Waals surface area contributed by atoms with Crippen molar-refractivity contribution in [1.29, 1.82) is 0 Å². The van der Waals surface area contributed by atoms with E-state index >= 15 is 0 Å². The molecule has 1 atom stereocenters. The summed E-state index contributed by atoms with van der Waals surface area (Å²) in [7, 11) is 0. The van der Waals surface area contributed by atoms with Crippen LogP contribution < -0.4 is 5.32 Å². The van der Waals surface area contributed by atoms with Gasteiger partial charge in [-0.1, -0.05) is 0 Å². The van der Waals surface area contributed by atoms with Crippen LogP contribution in [0, 0.1) is 5.92 Å². The van der Waals surface area contributed by atoms with Crippen molar-refractivity contribution >= 4 is 5.91 Å². The monoisotopic (exact) mass is 235 g/mol. The molecule has 0 bridgehead atoms. The molecule has 1 aromatic rings. The maximum atomic E-state index is 11.8. The van der Waals surface area contributed by atoms with Crippen LogP contribution in [0.5, 0.6) is 0 Å². The molecule has 1 aromatic heterocycles. The molecule has 17 heavy (non-hydrogen) atoms. The maximum Gasteiger partial charge on any atom is 0.271 e. The van der Waals surface area contributed by atoms with Crippen LogP contribution in [-0.2, 0) is 4.74 Å². The zero-order valence-electron chi connectivity index (χ0n) is 9.74. The van der Waals surface area contributed by atoms with Gasteiger partial charge in [0.15, 0.2) is 0 Å². The molecule has 0 spiro atoms. The van der Waals surface area contributed by atoms with Gasteiger partial charge in [0, 0.05) is 30.7 Å². The summed E-state index contributed by atoms with van der Waals surface area (Å²) in [5.41, 5.74) is 1.60. The van der Waals surface area contributed by atoms with Crippen LogP contribution in [0.3, 0.4) is 0 Å². The van der Waals surface area contributed by atoms with Crippen molar-refractivity contribution in [3.05, 3.63) is 17.5 Å². The summed E-state index contributed by atoms with van der Waals surface area (Å²) in [6, 6.07) is 1.87.